The standard InChI is InChI=1S/C19H16N2OS/c1-22-15-11-10-12-6-2-3-7-13(12)17(15)18(20)19-21-14-8-4-5-9-16(14)23-19/h2-11,18H,20H2,1H3. The molecule has 3 nitrogen and oxygen atoms in total. The van der Waals surface area contributed by atoms with Gasteiger partial charge in [0.2, 0.25) is 0 Å². The number of fused-ring (bicyclic) bond motifs is 2. The molecule has 2 N–H and O–H groups in total. The van der Waals surface area contributed by atoms with Gasteiger partial charge in [0.1, 0.15) is 10.8 Å². The third-order valence-corrected chi connectivity index (χ3v) is 5.16. The predicted octanol–water partition coefficient (Wildman–Crippen LogP) is 4.51. The molecule has 0 aliphatic carbocycles. The highest BCUT2D eigenvalue weighted by Crippen LogP contribution is 2.37. The van der Waals surface area contributed by atoms with Crippen LogP contribution in [-0.4, -0.2) is 12.1 Å². The van der Waals surface area contributed by atoms with Crippen LogP contribution in [0.2, 0.25) is 0 Å². The fourth-order valence-corrected chi connectivity index (χ4v) is 3.90. The number of thiazole rings is 1. The number of methoxy groups -OCH3 is 1. The van der Waals surface area contributed by atoms with E-state index < -0.39 is 0 Å². The average Bonchev–Trinajstić information content (AvgIpc) is 3.04. The van der Waals surface area contributed by atoms with E-state index in [1.807, 2.05) is 36.4 Å². The van der Waals surface area contributed by atoms with Gasteiger partial charge in [0, 0.05) is 5.56 Å². The lowest BCUT2D eigenvalue weighted by Crippen LogP contribution is -2.13. The van der Waals surface area contributed by atoms with Crippen molar-refractivity contribution in [2.45, 2.75) is 6.04 Å². The molecule has 0 bridgehead atoms. The Labute approximate surface area is 138 Å². The zero-order chi connectivity index (χ0) is 15.8. The number of para-hydroxylation sites is 1. The number of benzene rings is 3. The molecular formula is C19H16N2OS. The SMILES string of the molecule is COc1ccc2ccccc2c1C(N)c1nc2ccccc2s1. The first kappa shape index (κ1) is 14.2. The van der Waals surface area contributed by atoms with Gasteiger partial charge in [-0.25, -0.2) is 4.98 Å². The van der Waals surface area contributed by atoms with Crippen molar-refractivity contribution in [3.8, 4) is 5.75 Å². The highest BCUT2D eigenvalue weighted by Gasteiger charge is 2.20. The van der Waals surface area contributed by atoms with Gasteiger partial charge < -0.3 is 10.5 Å². The number of rotatable bonds is 3. The Hall–Kier alpha value is -2.43. The molecule has 4 rings (SSSR count). The molecule has 4 heteroatoms. The molecule has 23 heavy (non-hydrogen) atoms. The second-order valence-corrected chi connectivity index (χ2v) is 6.46. The number of ether oxygens (including phenoxy) is 1. The Morgan fingerprint density at radius 2 is 1.78 bits per heavy atom. The summed E-state index contributed by atoms with van der Waals surface area (Å²) in [6, 6.07) is 20.1. The molecule has 0 saturated carbocycles. The Kier molecular flexibility index (Phi) is 3.48. The van der Waals surface area contributed by atoms with Gasteiger partial charge in [-0.3, -0.25) is 0 Å². The van der Waals surface area contributed by atoms with Gasteiger partial charge in [-0.15, -0.1) is 11.3 Å². The molecule has 3 aromatic carbocycles. The van der Waals surface area contributed by atoms with Gasteiger partial charge in [-0.05, 0) is 29.0 Å². The molecule has 1 heterocycles. The maximum Gasteiger partial charge on any atom is 0.124 e. The number of nitrogens with two attached hydrogens (primary N) is 1. The van der Waals surface area contributed by atoms with Crippen LogP contribution in [0.15, 0.2) is 60.7 Å². The summed E-state index contributed by atoms with van der Waals surface area (Å²) in [6.45, 7) is 0. The van der Waals surface area contributed by atoms with Crippen molar-refractivity contribution >= 4 is 32.3 Å². The summed E-state index contributed by atoms with van der Waals surface area (Å²) in [5, 5.41) is 3.17. The molecule has 4 aromatic rings. The van der Waals surface area contributed by atoms with Gasteiger partial charge in [-0.1, -0.05) is 42.5 Å². The van der Waals surface area contributed by atoms with Crippen LogP contribution in [-0.2, 0) is 0 Å². The van der Waals surface area contributed by atoms with Crippen LogP contribution in [0.3, 0.4) is 0 Å². The van der Waals surface area contributed by atoms with Crippen molar-refractivity contribution in [3.05, 3.63) is 71.2 Å². The quantitative estimate of drug-likeness (QED) is 0.604. The van der Waals surface area contributed by atoms with E-state index in [9.17, 15) is 0 Å². The highest BCUT2D eigenvalue weighted by molar-refractivity contribution is 7.18. The minimum absolute atomic E-state index is 0.312. The number of hydrogen-bond donors (Lipinski definition) is 1. The fourth-order valence-electron chi connectivity index (χ4n) is 2.92. The van der Waals surface area contributed by atoms with Crippen LogP contribution < -0.4 is 10.5 Å². The second-order valence-electron chi connectivity index (χ2n) is 5.40. The van der Waals surface area contributed by atoms with E-state index in [1.54, 1.807) is 18.4 Å². The van der Waals surface area contributed by atoms with Crippen LogP contribution in [0.25, 0.3) is 21.0 Å². The average molecular weight is 320 g/mol. The molecule has 0 amide bonds. The zero-order valence-corrected chi connectivity index (χ0v) is 13.5. The largest absolute Gasteiger partial charge is 0.496 e. The third kappa shape index (κ3) is 2.36. The smallest absolute Gasteiger partial charge is 0.124 e. The Morgan fingerprint density at radius 1 is 1.00 bits per heavy atom. The summed E-state index contributed by atoms with van der Waals surface area (Å²) in [5.74, 6) is 0.801. The Morgan fingerprint density at radius 3 is 2.61 bits per heavy atom. The summed E-state index contributed by atoms with van der Waals surface area (Å²) in [4.78, 5) is 4.71. The van der Waals surface area contributed by atoms with Gasteiger partial charge >= 0.3 is 0 Å². The molecule has 0 aliphatic heterocycles. The van der Waals surface area contributed by atoms with Crippen molar-refractivity contribution in [2.75, 3.05) is 7.11 Å². The van der Waals surface area contributed by atoms with Gasteiger partial charge in [0.05, 0.1) is 23.4 Å². The maximum absolute atomic E-state index is 6.59. The fraction of sp³-hybridized carbons (Fsp3) is 0.105. The molecule has 1 aromatic heterocycles. The van der Waals surface area contributed by atoms with E-state index >= 15 is 0 Å². The second kappa shape index (κ2) is 5.65. The molecule has 0 fully saturated rings. The summed E-state index contributed by atoms with van der Waals surface area (Å²) < 4.78 is 6.72. The van der Waals surface area contributed by atoms with E-state index in [-0.39, 0.29) is 6.04 Å². The zero-order valence-electron chi connectivity index (χ0n) is 12.7. The first-order chi connectivity index (χ1) is 11.3. The van der Waals surface area contributed by atoms with E-state index in [0.29, 0.717) is 0 Å². The minimum Gasteiger partial charge on any atom is -0.496 e. The van der Waals surface area contributed by atoms with Crippen LogP contribution >= 0.6 is 11.3 Å². The monoisotopic (exact) mass is 320 g/mol. The lowest BCUT2D eigenvalue weighted by atomic mass is 9.98. The molecule has 0 saturated heterocycles. The topological polar surface area (TPSA) is 48.1 Å². The summed E-state index contributed by atoms with van der Waals surface area (Å²) in [6.07, 6.45) is 0. The van der Waals surface area contributed by atoms with Crippen LogP contribution in [0, 0.1) is 0 Å². The third-order valence-electron chi connectivity index (χ3n) is 4.04. The number of hydrogen-bond acceptors (Lipinski definition) is 4. The Balaban J connectivity index is 1.93. The van der Waals surface area contributed by atoms with Crippen molar-refractivity contribution in [2.24, 2.45) is 5.73 Å². The van der Waals surface area contributed by atoms with Gasteiger partial charge in [-0.2, -0.15) is 0 Å². The molecule has 0 radical (unpaired) electrons. The van der Waals surface area contributed by atoms with E-state index in [2.05, 4.69) is 24.3 Å². The highest BCUT2D eigenvalue weighted by atomic mass is 32.1. The van der Waals surface area contributed by atoms with Crippen LogP contribution in [0.1, 0.15) is 16.6 Å². The minimum atomic E-state index is -0.312. The predicted molar refractivity (Wildman–Crippen MR) is 96.2 cm³/mol. The summed E-state index contributed by atoms with van der Waals surface area (Å²) in [5.41, 5.74) is 8.57. The normalized spacial score (nSPS) is 12.6. The Bertz CT molecular complexity index is 960. The molecule has 0 aliphatic rings. The maximum atomic E-state index is 6.59. The summed E-state index contributed by atoms with van der Waals surface area (Å²) >= 11 is 1.64. The lowest BCUT2D eigenvalue weighted by molar-refractivity contribution is 0.409. The van der Waals surface area contributed by atoms with Gasteiger partial charge in [0.15, 0.2) is 0 Å². The van der Waals surface area contributed by atoms with Crippen molar-refractivity contribution in [3.63, 3.8) is 0 Å². The number of nitrogens with zero attached hydrogens (tertiary/aromatic N) is 1. The van der Waals surface area contributed by atoms with Crippen molar-refractivity contribution < 1.29 is 4.74 Å². The first-order valence-corrected chi connectivity index (χ1v) is 8.26. The molecule has 0 spiro atoms. The first-order valence-electron chi connectivity index (χ1n) is 7.44. The lowest BCUT2D eigenvalue weighted by Gasteiger charge is -2.16. The molecule has 114 valence electrons. The molecule has 1 atom stereocenters. The molecule has 1 unspecified atom stereocenters. The van der Waals surface area contributed by atoms with Crippen LogP contribution in [0.4, 0.5) is 0 Å². The van der Waals surface area contributed by atoms with E-state index in [0.717, 1.165) is 37.3 Å². The number of aromatic nitrogens is 1. The summed E-state index contributed by atoms with van der Waals surface area (Å²) in [7, 11) is 1.68. The van der Waals surface area contributed by atoms with Crippen molar-refractivity contribution in [1.29, 1.82) is 0 Å². The van der Waals surface area contributed by atoms with Crippen LogP contribution in [0.5, 0.6) is 5.75 Å². The van der Waals surface area contributed by atoms with E-state index in [1.165, 1.54) is 0 Å². The van der Waals surface area contributed by atoms with Gasteiger partial charge in [0.25, 0.3) is 0 Å². The van der Waals surface area contributed by atoms with E-state index in [4.69, 9.17) is 15.5 Å². The van der Waals surface area contributed by atoms with Crippen molar-refractivity contribution in [1.82, 2.24) is 4.98 Å². The molecular weight excluding hydrogens is 304 g/mol.